The van der Waals surface area contributed by atoms with Gasteiger partial charge in [0.25, 0.3) is 5.91 Å². The number of hydrogen-bond donors (Lipinski definition) is 3. The number of nitriles is 1. The molecule has 0 aliphatic carbocycles. The first-order chi connectivity index (χ1) is 7.90. The predicted molar refractivity (Wildman–Crippen MR) is 61.5 cm³/mol. The molecule has 0 saturated heterocycles. The third-order valence-corrected chi connectivity index (χ3v) is 2.51. The molecule has 0 aromatic heterocycles. The lowest BCUT2D eigenvalue weighted by atomic mass is 10.0. The zero-order chi connectivity index (χ0) is 13.1. The molecule has 90 valence electrons. The van der Waals surface area contributed by atoms with Crippen LogP contribution in [-0.4, -0.2) is 21.7 Å². The minimum absolute atomic E-state index is 0.109. The summed E-state index contributed by atoms with van der Waals surface area (Å²) in [5.74, 6) is -0.919. The van der Waals surface area contributed by atoms with E-state index in [4.69, 9.17) is 5.26 Å². The average Bonchev–Trinajstić information content (AvgIpc) is 2.27. The molecule has 0 aliphatic rings. The molecule has 1 atom stereocenters. The van der Waals surface area contributed by atoms with Crippen LogP contribution in [0.2, 0.25) is 0 Å². The van der Waals surface area contributed by atoms with E-state index in [2.05, 4.69) is 5.32 Å². The highest BCUT2D eigenvalue weighted by Crippen LogP contribution is 2.21. The van der Waals surface area contributed by atoms with Gasteiger partial charge in [-0.3, -0.25) is 4.79 Å². The van der Waals surface area contributed by atoms with Crippen LogP contribution in [0.1, 0.15) is 30.6 Å². The Kier molecular flexibility index (Phi) is 3.59. The average molecular weight is 234 g/mol. The van der Waals surface area contributed by atoms with Crippen molar-refractivity contribution in [3.05, 3.63) is 23.8 Å². The topological polar surface area (TPSA) is 93.4 Å². The molecule has 5 nitrogen and oxygen atoms in total. The van der Waals surface area contributed by atoms with E-state index in [0.717, 1.165) is 6.07 Å². The summed E-state index contributed by atoms with van der Waals surface area (Å²) in [6.45, 7) is 3.39. The number of amides is 1. The van der Waals surface area contributed by atoms with Gasteiger partial charge in [0, 0.05) is 11.6 Å². The molecule has 0 fully saturated rings. The largest absolute Gasteiger partial charge is 0.508 e. The highest BCUT2D eigenvalue weighted by Gasteiger charge is 2.24. The van der Waals surface area contributed by atoms with Crippen molar-refractivity contribution in [2.24, 2.45) is 0 Å². The van der Waals surface area contributed by atoms with Gasteiger partial charge < -0.3 is 15.5 Å². The number of phenolic OH excluding ortho intramolecular Hbond substituents is 2. The van der Waals surface area contributed by atoms with Crippen molar-refractivity contribution >= 4 is 5.91 Å². The zero-order valence-electron chi connectivity index (χ0n) is 9.69. The van der Waals surface area contributed by atoms with Gasteiger partial charge in [0.05, 0.1) is 6.07 Å². The van der Waals surface area contributed by atoms with Crippen LogP contribution in [0.15, 0.2) is 18.2 Å². The van der Waals surface area contributed by atoms with Gasteiger partial charge in [-0.2, -0.15) is 5.26 Å². The Morgan fingerprint density at radius 3 is 2.35 bits per heavy atom. The maximum atomic E-state index is 11.8. The minimum atomic E-state index is -0.960. The van der Waals surface area contributed by atoms with Gasteiger partial charge in [-0.15, -0.1) is 0 Å². The van der Waals surface area contributed by atoms with Crippen molar-refractivity contribution in [1.82, 2.24) is 5.32 Å². The third kappa shape index (κ3) is 3.11. The molecular weight excluding hydrogens is 220 g/mol. The molecule has 1 aromatic carbocycles. The molecule has 3 N–H and O–H groups in total. The van der Waals surface area contributed by atoms with Gasteiger partial charge in [0.2, 0.25) is 0 Å². The molecule has 0 saturated carbocycles. The van der Waals surface area contributed by atoms with Crippen LogP contribution in [0, 0.1) is 11.3 Å². The van der Waals surface area contributed by atoms with Gasteiger partial charge in [-0.1, -0.05) is 6.92 Å². The van der Waals surface area contributed by atoms with Gasteiger partial charge in [0.1, 0.15) is 17.0 Å². The van der Waals surface area contributed by atoms with E-state index in [-0.39, 0.29) is 17.1 Å². The van der Waals surface area contributed by atoms with Gasteiger partial charge in [-0.25, -0.2) is 0 Å². The number of hydrogen-bond acceptors (Lipinski definition) is 4. The number of carbonyl (C=O) groups excluding carboxylic acids is 1. The highest BCUT2D eigenvalue weighted by molar-refractivity contribution is 5.95. The Bertz CT molecular complexity index is 459. The minimum Gasteiger partial charge on any atom is -0.508 e. The smallest absolute Gasteiger partial charge is 0.252 e. The fourth-order valence-corrected chi connectivity index (χ4v) is 1.24. The normalized spacial score (nSPS) is 13.5. The predicted octanol–water partition coefficient (Wildman–Crippen LogP) is 1.52. The van der Waals surface area contributed by atoms with E-state index in [0.29, 0.717) is 6.42 Å². The number of rotatable bonds is 3. The van der Waals surface area contributed by atoms with Gasteiger partial charge in [0.15, 0.2) is 0 Å². The summed E-state index contributed by atoms with van der Waals surface area (Å²) in [6.07, 6.45) is 0.458. The second-order valence-electron chi connectivity index (χ2n) is 3.99. The Balaban J connectivity index is 2.95. The fraction of sp³-hybridized carbons (Fsp3) is 0.333. The van der Waals surface area contributed by atoms with Crippen LogP contribution in [-0.2, 0) is 0 Å². The van der Waals surface area contributed by atoms with Crippen molar-refractivity contribution < 1.29 is 15.0 Å². The van der Waals surface area contributed by atoms with Gasteiger partial charge in [-0.05, 0) is 25.5 Å². The monoisotopic (exact) mass is 234 g/mol. The molecule has 1 amide bonds. The van der Waals surface area contributed by atoms with E-state index >= 15 is 0 Å². The van der Waals surface area contributed by atoms with Crippen molar-refractivity contribution in [1.29, 1.82) is 5.26 Å². The summed E-state index contributed by atoms with van der Waals surface area (Å²) >= 11 is 0. The number of phenols is 2. The molecule has 1 unspecified atom stereocenters. The maximum absolute atomic E-state index is 11.8. The summed E-state index contributed by atoms with van der Waals surface area (Å²) < 4.78 is 0. The summed E-state index contributed by atoms with van der Waals surface area (Å²) in [4.78, 5) is 11.8. The molecule has 1 aromatic rings. The lowest BCUT2D eigenvalue weighted by Gasteiger charge is -2.21. The third-order valence-electron chi connectivity index (χ3n) is 2.51. The molecule has 0 bridgehead atoms. The van der Waals surface area contributed by atoms with Crippen LogP contribution in [0.3, 0.4) is 0 Å². The lowest BCUT2D eigenvalue weighted by Crippen LogP contribution is -2.44. The van der Waals surface area contributed by atoms with Crippen molar-refractivity contribution in [2.45, 2.75) is 25.8 Å². The van der Waals surface area contributed by atoms with Gasteiger partial charge >= 0.3 is 0 Å². The molecule has 0 heterocycles. The fourth-order valence-electron chi connectivity index (χ4n) is 1.24. The number of nitrogens with one attached hydrogen (secondary N) is 1. The highest BCUT2D eigenvalue weighted by atomic mass is 16.3. The standard InChI is InChI=1S/C12H14N2O3/c1-3-12(2,7-13)14-11(17)8-4-9(15)6-10(16)5-8/h4-6,15-16H,3H2,1-2H3,(H,14,17). The second-order valence-corrected chi connectivity index (χ2v) is 3.99. The zero-order valence-corrected chi connectivity index (χ0v) is 9.69. The Morgan fingerprint density at radius 1 is 1.41 bits per heavy atom. The Labute approximate surface area is 99.3 Å². The van der Waals surface area contributed by atoms with Crippen molar-refractivity contribution in [3.8, 4) is 17.6 Å². The summed E-state index contributed by atoms with van der Waals surface area (Å²) in [5.41, 5.74) is -0.851. The lowest BCUT2D eigenvalue weighted by molar-refractivity contribution is 0.0922. The SMILES string of the molecule is CCC(C)(C#N)NC(=O)c1cc(O)cc(O)c1. The van der Waals surface area contributed by atoms with Crippen LogP contribution in [0.4, 0.5) is 0 Å². The van der Waals surface area contributed by atoms with Crippen LogP contribution < -0.4 is 5.32 Å². The number of aromatic hydroxyl groups is 2. The number of carbonyl (C=O) groups is 1. The maximum Gasteiger partial charge on any atom is 0.252 e. The second kappa shape index (κ2) is 4.74. The van der Waals surface area contributed by atoms with Crippen molar-refractivity contribution in [2.75, 3.05) is 0 Å². The van der Waals surface area contributed by atoms with Crippen LogP contribution in [0.25, 0.3) is 0 Å². The first-order valence-corrected chi connectivity index (χ1v) is 5.17. The quantitative estimate of drug-likeness (QED) is 0.739. The van der Waals surface area contributed by atoms with E-state index in [1.54, 1.807) is 13.8 Å². The summed E-state index contributed by atoms with van der Waals surface area (Å²) in [7, 11) is 0. The molecular formula is C12H14N2O3. The van der Waals surface area contributed by atoms with Crippen molar-refractivity contribution in [3.63, 3.8) is 0 Å². The van der Waals surface area contributed by atoms with Crippen LogP contribution in [0.5, 0.6) is 11.5 Å². The molecule has 1 rings (SSSR count). The summed E-state index contributed by atoms with van der Waals surface area (Å²) in [6, 6.07) is 5.58. The molecule has 0 radical (unpaired) electrons. The van der Waals surface area contributed by atoms with E-state index < -0.39 is 11.4 Å². The molecule has 0 aliphatic heterocycles. The van der Waals surface area contributed by atoms with E-state index in [9.17, 15) is 15.0 Å². The van der Waals surface area contributed by atoms with E-state index in [1.165, 1.54) is 12.1 Å². The molecule has 17 heavy (non-hydrogen) atoms. The number of benzene rings is 1. The molecule has 0 spiro atoms. The Hall–Kier alpha value is -2.22. The number of nitrogens with zero attached hydrogens (tertiary/aromatic N) is 1. The summed E-state index contributed by atoms with van der Waals surface area (Å²) in [5, 5.41) is 30.0. The Morgan fingerprint density at radius 2 is 1.94 bits per heavy atom. The first-order valence-electron chi connectivity index (χ1n) is 5.17. The first kappa shape index (κ1) is 12.8. The molecule has 5 heteroatoms. The van der Waals surface area contributed by atoms with E-state index in [1.807, 2.05) is 6.07 Å². The van der Waals surface area contributed by atoms with Crippen LogP contribution >= 0.6 is 0 Å².